The third-order valence-electron chi connectivity index (χ3n) is 4.03. The Bertz CT molecular complexity index is 802. The van der Waals surface area contributed by atoms with E-state index in [4.69, 9.17) is 0 Å². The van der Waals surface area contributed by atoms with Crippen LogP contribution in [0.2, 0.25) is 0 Å². The number of benzene rings is 1. The first kappa shape index (κ1) is 16.2. The van der Waals surface area contributed by atoms with Gasteiger partial charge in [-0.2, -0.15) is 8.78 Å². The van der Waals surface area contributed by atoms with Crippen LogP contribution in [0.15, 0.2) is 47.4 Å². The molecule has 0 spiro atoms. The van der Waals surface area contributed by atoms with Crippen LogP contribution < -0.4 is 15.6 Å². The van der Waals surface area contributed by atoms with Crippen molar-refractivity contribution in [2.24, 2.45) is 13.0 Å². The molecule has 24 heavy (non-hydrogen) atoms. The molecule has 0 unspecified atom stereocenters. The first-order valence-corrected chi connectivity index (χ1v) is 7.46. The second kappa shape index (κ2) is 6.43. The molecule has 1 fully saturated rings. The largest absolute Gasteiger partial charge is 0.435 e. The minimum atomic E-state index is -2.85. The van der Waals surface area contributed by atoms with Crippen LogP contribution in [-0.4, -0.2) is 17.1 Å². The van der Waals surface area contributed by atoms with Crippen LogP contribution in [0.4, 0.5) is 14.5 Å². The molecular weight excluding hydrogens is 318 g/mol. The van der Waals surface area contributed by atoms with Crippen LogP contribution in [0.25, 0.3) is 0 Å². The maximum absolute atomic E-state index is 12.2. The zero-order valence-corrected chi connectivity index (χ0v) is 12.9. The number of anilines is 1. The van der Waals surface area contributed by atoms with Crippen molar-refractivity contribution >= 4 is 11.6 Å². The highest BCUT2D eigenvalue weighted by molar-refractivity contribution is 5.95. The van der Waals surface area contributed by atoms with Crippen molar-refractivity contribution in [3.05, 3.63) is 58.5 Å². The van der Waals surface area contributed by atoms with Crippen LogP contribution in [0, 0.1) is 5.92 Å². The molecule has 0 aliphatic heterocycles. The number of halogens is 2. The predicted octanol–water partition coefficient (Wildman–Crippen LogP) is 2.73. The summed E-state index contributed by atoms with van der Waals surface area (Å²) in [6.45, 7) is -2.85. The molecule has 1 aliphatic carbocycles. The topological polar surface area (TPSA) is 60.3 Å². The molecular formula is C17H16F2N2O3. The molecule has 5 nitrogen and oxygen atoms in total. The van der Waals surface area contributed by atoms with Gasteiger partial charge in [0.25, 0.3) is 5.56 Å². The minimum absolute atomic E-state index is 0.0529. The fourth-order valence-electron chi connectivity index (χ4n) is 2.61. The Labute approximate surface area is 136 Å². The van der Waals surface area contributed by atoms with Crippen LogP contribution in [0.5, 0.6) is 5.75 Å². The lowest BCUT2D eigenvalue weighted by Gasteiger charge is -2.07. The van der Waals surface area contributed by atoms with Gasteiger partial charge in [-0.05, 0) is 36.1 Å². The number of carbonyl (C=O) groups excluding carboxylic acids is 1. The summed E-state index contributed by atoms with van der Waals surface area (Å²) in [6, 6.07) is 9.34. The number of amides is 1. The third-order valence-corrected chi connectivity index (χ3v) is 4.03. The van der Waals surface area contributed by atoms with Crippen molar-refractivity contribution in [3.8, 4) is 5.75 Å². The number of alkyl halides is 2. The molecule has 7 heteroatoms. The molecule has 1 N–H and O–H groups in total. The Morgan fingerprint density at radius 3 is 2.62 bits per heavy atom. The zero-order chi connectivity index (χ0) is 17.3. The van der Waals surface area contributed by atoms with Gasteiger partial charge in [0.2, 0.25) is 5.91 Å². The number of aromatic nitrogens is 1. The normalized spacial score (nSPS) is 19.2. The SMILES string of the molecule is Cn1ccc(NC(=O)[C@@H]2C[C@H]2c2ccc(OC(F)F)cc2)cc1=O. The summed E-state index contributed by atoms with van der Waals surface area (Å²) < 4.78 is 30.0. The van der Waals surface area contributed by atoms with Gasteiger partial charge in [0.15, 0.2) is 0 Å². The van der Waals surface area contributed by atoms with E-state index >= 15 is 0 Å². The van der Waals surface area contributed by atoms with E-state index in [1.165, 1.54) is 22.8 Å². The Morgan fingerprint density at radius 1 is 1.29 bits per heavy atom. The molecule has 1 amide bonds. The summed E-state index contributed by atoms with van der Waals surface area (Å²) in [5.41, 5.74) is 1.17. The summed E-state index contributed by atoms with van der Waals surface area (Å²) in [6.07, 6.45) is 2.27. The molecule has 2 aromatic rings. The average molecular weight is 334 g/mol. The smallest absolute Gasteiger partial charge is 0.387 e. The first-order valence-electron chi connectivity index (χ1n) is 7.46. The Balaban J connectivity index is 1.61. The lowest BCUT2D eigenvalue weighted by atomic mass is 10.1. The van der Waals surface area contributed by atoms with E-state index in [-0.39, 0.29) is 29.1 Å². The summed E-state index contributed by atoms with van der Waals surface area (Å²) in [5, 5.41) is 2.73. The van der Waals surface area contributed by atoms with Gasteiger partial charge >= 0.3 is 6.61 Å². The Morgan fingerprint density at radius 2 is 2.00 bits per heavy atom. The standard InChI is InChI=1S/C17H16F2N2O3/c1-21-7-6-11(8-15(21)22)20-16(23)14-9-13(14)10-2-4-12(5-3-10)24-17(18)19/h2-8,13-14,17H,9H2,1H3,(H,20,23)/t13-,14+/m0/s1. The van der Waals surface area contributed by atoms with Crippen molar-refractivity contribution in [3.63, 3.8) is 0 Å². The van der Waals surface area contributed by atoms with Crippen LogP contribution in [0.3, 0.4) is 0 Å². The van der Waals surface area contributed by atoms with E-state index in [0.29, 0.717) is 12.1 Å². The van der Waals surface area contributed by atoms with Crippen LogP contribution in [0.1, 0.15) is 17.9 Å². The highest BCUT2D eigenvalue weighted by Gasteiger charge is 2.43. The number of carbonyl (C=O) groups is 1. The molecule has 0 radical (unpaired) electrons. The highest BCUT2D eigenvalue weighted by Crippen LogP contribution is 2.48. The van der Waals surface area contributed by atoms with Gasteiger partial charge in [-0.15, -0.1) is 0 Å². The average Bonchev–Trinajstić information content (AvgIpc) is 3.32. The summed E-state index contributed by atoms with van der Waals surface area (Å²) in [7, 11) is 1.63. The van der Waals surface area contributed by atoms with E-state index in [0.717, 1.165) is 5.56 Å². The summed E-state index contributed by atoms with van der Waals surface area (Å²) in [4.78, 5) is 23.8. The van der Waals surface area contributed by atoms with Crippen molar-refractivity contribution < 1.29 is 18.3 Å². The van der Waals surface area contributed by atoms with Gasteiger partial charge in [-0.25, -0.2) is 0 Å². The van der Waals surface area contributed by atoms with Gasteiger partial charge in [0.05, 0.1) is 0 Å². The molecule has 2 atom stereocenters. The maximum atomic E-state index is 12.2. The molecule has 1 aromatic carbocycles. The Kier molecular flexibility index (Phi) is 4.33. The van der Waals surface area contributed by atoms with E-state index in [9.17, 15) is 18.4 Å². The highest BCUT2D eigenvalue weighted by atomic mass is 19.3. The number of ether oxygens (including phenoxy) is 1. The first-order chi connectivity index (χ1) is 11.4. The van der Waals surface area contributed by atoms with Crippen molar-refractivity contribution in [2.75, 3.05) is 5.32 Å². The molecule has 126 valence electrons. The second-order valence-corrected chi connectivity index (χ2v) is 5.75. The van der Waals surface area contributed by atoms with Crippen LogP contribution in [-0.2, 0) is 11.8 Å². The number of nitrogens with one attached hydrogen (secondary N) is 1. The van der Waals surface area contributed by atoms with Gasteiger partial charge in [0, 0.05) is 30.9 Å². The predicted molar refractivity (Wildman–Crippen MR) is 84.2 cm³/mol. The second-order valence-electron chi connectivity index (χ2n) is 5.75. The van der Waals surface area contributed by atoms with E-state index in [1.54, 1.807) is 31.4 Å². The Hall–Kier alpha value is -2.70. The maximum Gasteiger partial charge on any atom is 0.387 e. The van der Waals surface area contributed by atoms with Gasteiger partial charge in [0.1, 0.15) is 5.75 Å². The number of pyridine rings is 1. The zero-order valence-electron chi connectivity index (χ0n) is 12.9. The van der Waals surface area contributed by atoms with E-state index in [1.807, 2.05) is 0 Å². The summed E-state index contributed by atoms with van der Waals surface area (Å²) in [5.74, 6) is -0.190. The molecule has 1 aliphatic rings. The van der Waals surface area contributed by atoms with E-state index < -0.39 is 6.61 Å². The van der Waals surface area contributed by atoms with Crippen LogP contribution >= 0.6 is 0 Å². The fraction of sp³-hybridized carbons (Fsp3) is 0.294. The van der Waals surface area contributed by atoms with Crippen molar-refractivity contribution in [1.29, 1.82) is 0 Å². The number of aryl methyl sites for hydroxylation is 1. The molecule has 0 saturated heterocycles. The lowest BCUT2D eigenvalue weighted by molar-refractivity contribution is -0.117. The summed E-state index contributed by atoms with van der Waals surface area (Å²) >= 11 is 0. The van der Waals surface area contributed by atoms with E-state index in [2.05, 4.69) is 10.1 Å². The van der Waals surface area contributed by atoms with Gasteiger partial charge in [-0.1, -0.05) is 12.1 Å². The minimum Gasteiger partial charge on any atom is -0.435 e. The number of nitrogens with zero attached hydrogens (tertiary/aromatic N) is 1. The van der Waals surface area contributed by atoms with Gasteiger partial charge in [-0.3, -0.25) is 9.59 Å². The van der Waals surface area contributed by atoms with Gasteiger partial charge < -0.3 is 14.6 Å². The number of hydrogen-bond acceptors (Lipinski definition) is 3. The molecule has 3 rings (SSSR count). The fourth-order valence-corrected chi connectivity index (χ4v) is 2.61. The monoisotopic (exact) mass is 334 g/mol. The third kappa shape index (κ3) is 3.61. The quantitative estimate of drug-likeness (QED) is 0.915. The molecule has 1 aromatic heterocycles. The molecule has 1 saturated carbocycles. The van der Waals surface area contributed by atoms with Crippen molar-refractivity contribution in [1.82, 2.24) is 4.57 Å². The lowest BCUT2D eigenvalue weighted by Crippen LogP contribution is -2.19. The number of hydrogen-bond donors (Lipinski definition) is 1. The van der Waals surface area contributed by atoms with Crippen molar-refractivity contribution in [2.45, 2.75) is 19.0 Å². The molecule has 1 heterocycles. The number of rotatable bonds is 5. The molecule has 0 bridgehead atoms.